The first-order valence-electron chi connectivity index (χ1n) is 8.76. The molecule has 0 saturated heterocycles. The first kappa shape index (κ1) is 18.8. The number of carbonyl (C=O) groups excluding carboxylic acids is 3. The zero-order chi connectivity index (χ0) is 20.5. The van der Waals surface area contributed by atoms with Crippen molar-refractivity contribution in [2.75, 3.05) is 0 Å². The summed E-state index contributed by atoms with van der Waals surface area (Å²) in [6.07, 6.45) is 0. The molecular weight excluding hydrogens is 395 g/mol. The Balaban J connectivity index is 1.77. The summed E-state index contributed by atoms with van der Waals surface area (Å²) in [5.74, 6) is -2.44. The topological polar surface area (TPSA) is 57.7 Å². The Morgan fingerprint density at radius 1 is 0.862 bits per heavy atom. The molecule has 1 heterocycles. The highest BCUT2D eigenvalue weighted by Crippen LogP contribution is 2.27. The van der Waals surface area contributed by atoms with Gasteiger partial charge in [-0.15, -0.1) is 0 Å². The van der Waals surface area contributed by atoms with Gasteiger partial charge in [-0.2, -0.15) is 5.01 Å². The standard InChI is InChI=1S/C22H14ClFN2O3/c23-16-11-9-14(10-12-16)20(27)25(13-15-5-1-4-8-19(15)24)26-21(28)17-6-2-3-7-18(17)22(26)29/h1-12H,13H2. The molecule has 0 saturated carbocycles. The number of hydrazine groups is 1. The molecule has 0 unspecified atom stereocenters. The fourth-order valence-electron chi connectivity index (χ4n) is 3.16. The van der Waals surface area contributed by atoms with E-state index < -0.39 is 23.5 Å². The molecule has 7 heteroatoms. The van der Waals surface area contributed by atoms with E-state index in [2.05, 4.69) is 0 Å². The van der Waals surface area contributed by atoms with Crippen molar-refractivity contribution in [1.82, 2.24) is 10.0 Å². The van der Waals surface area contributed by atoms with Gasteiger partial charge in [0.05, 0.1) is 17.7 Å². The van der Waals surface area contributed by atoms with Crippen LogP contribution in [0.15, 0.2) is 72.8 Å². The van der Waals surface area contributed by atoms with Gasteiger partial charge in [0.15, 0.2) is 0 Å². The summed E-state index contributed by atoms with van der Waals surface area (Å²) < 4.78 is 14.3. The van der Waals surface area contributed by atoms with Crippen molar-refractivity contribution in [2.45, 2.75) is 6.54 Å². The van der Waals surface area contributed by atoms with Crippen LogP contribution in [-0.2, 0) is 6.54 Å². The third kappa shape index (κ3) is 3.39. The molecule has 3 aromatic carbocycles. The molecule has 4 rings (SSSR count). The normalized spacial score (nSPS) is 12.8. The van der Waals surface area contributed by atoms with Crippen LogP contribution in [0.1, 0.15) is 36.6 Å². The molecule has 144 valence electrons. The molecule has 5 nitrogen and oxygen atoms in total. The molecule has 0 aliphatic carbocycles. The van der Waals surface area contributed by atoms with Gasteiger partial charge < -0.3 is 0 Å². The van der Waals surface area contributed by atoms with Gasteiger partial charge in [0.25, 0.3) is 17.7 Å². The van der Waals surface area contributed by atoms with E-state index in [9.17, 15) is 18.8 Å². The molecule has 0 bridgehead atoms. The van der Waals surface area contributed by atoms with Gasteiger partial charge in [-0.25, -0.2) is 9.40 Å². The fourth-order valence-corrected chi connectivity index (χ4v) is 3.28. The summed E-state index contributed by atoms with van der Waals surface area (Å²) in [7, 11) is 0. The van der Waals surface area contributed by atoms with Crippen molar-refractivity contribution in [3.63, 3.8) is 0 Å². The van der Waals surface area contributed by atoms with Crippen molar-refractivity contribution >= 4 is 29.3 Å². The number of imide groups is 1. The van der Waals surface area contributed by atoms with Crippen molar-refractivity contribution < 1.29 is 18.8 Å². The van der Waals surface area contributed by atoms with E-state index in [1.54, 1.807) is 18.2 Å². The number of hydrogen-bond donors (Lipinski definition) is 0. The van der Waals surface area contributed by atoms with Crippen LogP contribution < -0.4 is 0 Å². The summed E-state index contributed by atoms with van der Waals surface area (Å²) in [4.78, 5) is 39.0. The number of carbonyl (C=O) groups is 3. The van der Waals surface area contributed by atoms with Crippen molar-refractivity contribution in [3.05, 3.63) is 106 Å². The van der Waals surface area contributed by atoms with E-state index in [4.69, 9.17) is 11.6 Å². The van der Waals surface area contributed by atoms with Crippen LogP contribution in [0.3, 0.4) is 0 Å². The third-order valence-corrected chi connectivity index (χ3v) is 4.87. The fraction of sp³-hybridized carbons (Fsp3) is 0.0455. The second kappa shape index (κ2) is 7.48. The highest BCUT2D eigenvalue weighted by atomic mass is 35.5. The maximum Gasteiger partial charge on any atom is 0.280 e. The first-order chi connectivity index (χ1) is 14.0. The molecule has 0 aromatic heterocycles. The van der Waals surface area contributed by atoms with Crippen LogP contribution in [0.25, 0.3) is 0 Å². The highest BCUT2D eigenvalue weighted by molar-refractivity contribution is 6.30. The number of amides is 3. The van der Waals surface area contributed by atoms with Gasteiger partial charge in [0.1, 0.15) is 5.82 Å². The number of fused-ring (bicyclic) bond motifs is 1. The molecule has 0 fully saturated rings. The minimum Gasteiger partial charge on any atom is -0.267 e. The Labute approximate surface area is 170 Å². The van der Waals surface area contributed by atoms with Crippen LogP contribution in [0.4, 0.5) is 4.39 Å². The predicted octanol–water partition coefficient (Wildman–Crippen LogP) is 4.33. The smallest absolute Gasteiger partial charge is 0.267 e. The average molecular weight is 409 g/mol. The maximum atomic E-state index is 14.3. The van der Waals surface area contributed by atoms with Crippen LogP contribution >= 0.6 is 11.6 Å². The number of rotatable bonds is 4. The monoisotopic (exact) mass is 408 g/mol. The lowest BCUT2D eigenvalue weighted by Gasteiger charge is -2.30. The van der Waals surface area contributed by atoms with E-state index in [1.807, 2.05) is 0 Å². The number of halogens is 2. The van der Waals surface area contributed by atoms with E-state index in [-0.39, 0.29) is 28.8 Å². The zero-order valence-corrected chi connectivity index (χ0v) is 15.8. The lowest BCUT2D eigenvalue weighted by atomic mass is 10.1. The minimum absolute atomic E-state index is 0.173. The Hall–Kier alpha value is -3.51. The Morgan fingerprint density at radius 3 is 2.00 bits per heavy atom. The van der Waals surface area contributed by atoms with E-state index in [0.717, 1.165) is 10.0 Å². The van der Waals surface area contributed by atoms with Gasteiger partial charge in [0.2, 0.25) is 0 Å². The number of nitrogens with zero attached hydrogens (tertiary/aromatic N) is 2. The van der Waals surface area contributed by atoms with Crippen LogP contribution in [0, 0.1) is 5.82 Å². The lowest BCUT2D eigenvalue weighted by Crippen LogP contribution is -2.49. The Bertz CT molecular complexity index is 1100. The maximum absolute atomic E-state index is 14.3. The average Bonchev–Trinajstić information content (AvgIpc) is 2.98. The van der Waals surface area contributed by atoms with Gasteiger partial charge in [-0.05, 0) is 42.5 Å². The minimum atomic E-state index is -0.635. The summed E-state index contributed by atoms with van der Waals surface area (Å²) in [5, 5.41) is 2.17. The second-order valence-electron chi connectivity index (χ2n) is 6.43. The van der Waals surface area contributed by atoms with Crippen molar-refractivity contribution in [1.29, 1.82) is 0 Å². The van der Waals surface area contributed by atoms with Gasteiger partial charge in [0, 0.05) is 16.1 Å². The first-order valence-corrected chi connectivity index (χ1v) is 9.13. The Morgan fingerprint density at radius 2 is 1.41 bits per heavy atom. The number of hydrogen-bond acceptors (Lipinski definition) is 3. The molecule has 0 spiro atoms. The molecule has 3 amide bonds. The zero-order valence-electron chi connectivity index (χ0n) is 15.0. The van der Waals surface area contributed by atoms with Gasteiger partial charge >= 0.3 is 0 Å². The van der Waals surface area contributed by atoms with E-state index in [0.29, 0.717) is 5.02 Å². The third-order valence-electron chi connectivity index (χ3n) is 4.62. The van der Waals surface area contributed by atoms with Crippen molar-refractivity contribution in [3.8, 4) is 0 Å². The second-order valence-corrected chi connectivity index (χ2v) is 6.87. The molecule has 0 atom stereocenters. The molecule has 0 radical (unpaired) electrons. The van der Waals surface area contributed by atoms with Crippen LogP contribution in [0.2, 0.25) is 5.02 Å². The summed E-state index contributed by atoms with van der Waals surface area (Å²) >= 11 is 5.89. The molecule has 1 aliphatic rings. The Kier molecular flexibility index (Phi) is 4.86. The van der Waals surface area contributed by atoms with E-state index in [1.165, 1.54) is 54.6 Å². The van der Waals surface area contributed by atoms with Gasteiger partial charge in [-0.1, -0.05) is 41.9 Å². The molecule has 29 heavy (non-hydrogen) atoms. The van der Waals surface area contributed by atoms with Crippen LogP contribution in [-0.4, -0.2) is 27.7 Å². The number of benzene rings is 3. The lowest BCUT2D eigenvalue weighted by molar-refractivity contribution is 0.000549. The SMILES string of the molecule is O=C(c1ccc(Cl)cc1)N(Cc1ccccc1F)N1C(=O)c2ccccc2C1=O. The molecule has 1 aliphatic heterocycles. The molecular formula is C22H14ClFN2O3. The highest BCUT2D eigenvalue weighted by Gasteiger charge is 2.41. The summed E-state index contributed by atoms with van der Waals surface area (Å²) in [5.41, 5.74) is 0.772. The van der Waals surface area contributed by atoms with E-state index >= 15 is 0 Å². The quantitative estimate of drug-likeness (QED) is 0.604. The van der Waals surface area contributed by atoms with Crippen LogP contribution in [0.5, 0.6) is 0 Å². The summed E-state index contributed by atoms with van der Waals surface area (Å²) in [6.45, 7) is -0.292. The van der Waals surface area contributed by atoms with Gasteiger partial charge in [-0.3, -0.25) is 14.4 Å². The summed E-state index contributed by atoms with van der Waals surface area (Å²) in [6, 6.07) is 18.2. The van der Waals surface area contributed by atoms with Crippen molar-refractivity contribution in [2.24, 2.45) is 0 Å². The predicted molar refractivity (Wildman–Crippen MR) is 105 cm³/mol. The largest absolute Gasteiger partial charge is 0.280 e. The molecule has 3 aromatic rings. The molecule has 0 N–H and O–H groups in total.